The van der Waals surface area contributed by atoms with Crippen LogP contribution in [0.2, 0.25) is 0 Å². The predicted octanol–water partition coefficient (Wildman–Crippen LogP) is 9.03. The molecule has 0 atom stereocenters. The van der Waals surface area contributed by atoms with Crippen LogP contribution in [0.25, 0.3) is 0 Å². The van der Waals surface area contributed by atoms with Crippen LogP contribution in [0, 0.1) is 41.5 Å². The maximum atomic E-state index is 4.46. The topological polar surface area (TPSA) is 79.4 Å². The van der Waals surface area contributed by atoms with Crippen molar-refractivity contribution in [1.82, 2.24) is 15.0 Å². The third kappa shape index (κ3) is 10.9. The van der Waals surface area contributed by atoms with Crippen molar-refractivity contribution in [3.05, 3.63) is 160 Å². The number of aryl methyl sites for hydroxylation is 6. The molecule has 6 rings (SSSR count). The summed E-state index contributed by atoms with van der Waals surface area (Å²) in [4.78, 5) is 25.8. The minimum atomic E-state index is 0. The van der Waals surface area contributed by atoms with Crippen molar-refractivity contribution in [3.63, 3.8) is 0 Å². The van der Waals surface area contributed by atoms with Gasteiger partial charge in [0.05, 0.1) is 17.1 Å². The summed E-state index contributed by atoms with van der Waals surface area (Å²) in [5.41, 5.74) is 13.0. The van der Waals surface area contributed by atoms with Crippen LogP contribution in [-0.4, -0.2) is 18.6 Å². The van der Waals surface area contributed by atoms with Crippen LogP contribution in [0.4, 0.5) is 17.1 Å². The molecule has 3 aromatic heterocycles. The van der Waals surface area contributed by atoms with Crippen LogP contribution in [0.1, 0.15) is 50.5 Å². The summed E-state index contributed by atoms with van der Waals surface area (Å²) in [5.74, 6) is 0. The van der Waals surface area contributed by atoms with Gasteiger partial charge in [0.2, 0.25) is 0 Å². The van der Waals surface area contributed by atoms with Gasteiger partial charge in [-0.15, -0.1) is 17.1 Å². The molecule has 0 saturated heterocycles. The zero-order chi connectivity index (χ0) is 32.0. The maximum absolute atomic E-state index is 4.46. The van der Waals surface area contributed by atoms with E-state index >= 15 is 0 Å². The van der Waals surface area contributed by atoms with Crippen molar-refractivity contribution in [1.29, 1.82) is 0 Å². The van der Waals surface area contributed by atoms with Crippen LogP contribution in [-0.2, 0) is 32.7 Å². The number of aliphatic imine (C=N–C) groups is 3. The Morgan fingerprint density at radius 2 is 0.609 bits per heavy atom. The Bertz CT molecular complexity index is 1570. The molecular weight excluding hydrogens is 641 g/mol. The molecule has 0 aliphatic rings. The molecule has 3 aromatic carbocycles. The van der Waals surface area contributed by atoms with Crippen LogP contribution >= 0.6 is 0 Å². The molecule has 0 fully saturated rings. The molecule has 0 unspecified atom stereocenters. The zero-order valence-corrected chi connectivity index (χ0v) is 30.2. The van der Waals surface area contributed by atoms with E-state index in [1.54, 1.807) is 37.2 Å². The van der Waals surface area contributed by atoms with Gasteiger partial charge < -0.3 is 15.0 Å². The zero-order valence-electron chi connectivity index (χ0n) is 27.4. The second kappa shape index (κ2) is 18.6. The summed E-state index contributed by atoms with van der Waals surface area (Å²) in [6, 6.07) is 30.1. The molecule has 228 valence electrons. The summed E-state index contributed by atoms with van der Waals surface area (Å²) in [6.07, 6.45) is 10.7. The van der Waals surface area contributed by atoms with Crippen molar-refractivity contribution in [3.8, 4) is 0 Å². The second-order valence-electron chi connectivity index (χ2n) is 10.7. The van der Waals surface area contributed by atoms with Gasteiger partial charge in [0.15, 0.2) is 0 Å². The molecular formula is C39H39N6Y. The van der Waals surface area contributed by atoms with Gasteiger partial charge in [-0.05, 0) is 74.9 Å². The minimum Gasteiger partial charge on any atom is -0.663 e. The number of benzene rings is 3. The molecule has 6 aromatic rings. The average molecular weight is 681 g/mol. The Balaban J connectivity index is 0.000000186. The van der Waals surface area contributed by atoms with Gasteiger partial charge in [-0.2, -0.15) is 18.6 Å². The molecule has 46 heavy (non-hydrogen) atoms. The number of para-hydroxylation sites is 3. The normalized spacial score (nSPS) is 10.8. The predicted molar refractivity (Wildman–Crippen MR) is 189 cm³/mol. The van der Waals surface area contributed by atoms with Crippen molar-refractivity contribution in [2.75, 3.05) is 0 Å². The van der Waals surface area contributed by atoms with Crippen LogP contribution in [0.3, 0.4) is 0 Å². The Labute approximate surface area is 298 Å². The van der Waals surface area contributed by atoms with Gasteiger partial charge in [-0.1, -0.05) is 91.0 Å². The fraction of sp³-hybridized carbons (Fsp3) is 0.154. The summed E-state index contributed by atoms with van der Waals surface area (Å²) < 4.78 is 0. The van der Waals surface area contributed by atoms with Crippen molar-refractivity contribution in [2.45, 2.75) is 41.5 Å². The SMILES string of the molecule is Cc1cccc(C)c1N=Cc1ccc[n-]1.Cc1cccc(C)c1N=Cc1ccc[n-]1.Cc1cccc(C)c1N=Cc1ccc[n-]1.[Y+3]. The van der Waals surface area contributed by atoms with E-state index in [-0.39, 0.29) is 32.7 Å². The molecule has 0 radical (unpaired) electrons. The molecule has 0 bridgehead atoms. The first kappa shape index (κ1) is 36.1. The monoisotopic (exact) mass is 680 g/mol. The second-order valence-corrected chi connectivity index (χ2v) is 10.7. The number of nitrogens with zero attached hydrogens (tertiary/aromatic N) is 6. The smallest absolute Gasteiger partial charge is 0.663 e. The van der Waals surface area contributed by atoms with Gasteiger partial charge in [0.25, 0.3) is 0 Å². The van der Waals surface area contributed by atoms with E-state index in [0.29, 0.717) is 0 Å². The molecule has 3 heterocycles. The number of hydrogen-bond donors (Lipinski definition) is 0. The minimum absolute atomic E-state index is 0. The van der Waals surface area contributed by atoms with Crippen molar-refractivity contribution < 1.29 is 32.7 Å². The van der Waals surface area contributed by atoms with E-state index in [4.69, 9.17) is 0 Å². The van der Waals surface area contributed by atoms with Crippen LogP contribution in [0.5, 0.6) is 0 Å². The van der Waals surface area contributed by atoms with E-state index in [2.05, 4.69) is 108 Å². The fourth-order valence-corrected chi connectivity index (χ4v) is 4.59. The van der Waals surface area contributed by atoms with Gasteiger partial charge >= 0.3 is 32.7 Å². The number of hydrogen-bond acceptors (Lipinski definition) is 3. The molecule has 7 heteroatoms. The van der Waals surface area contributed by atoms with Gasteiger partial charge in [-0.3, -0.25) is 15.0 Å². The van der Waals surface area contributed by atoms with E-state index in [9.17, 15) is 0 Å². The molecule has 0 aliphatic heterocycles. The third-order valence-corrected chi connectivity index (χ3v) is 7.03. The third-order valence-electron chi connectivity index (χ3n) is 7.03. The van der Waals surface area contributed by atoms with E-state index in [1.165, 1.54) is 33.4 Å². The summed E-state index contributed by atoms with van der Waals surface area (Å²) in [6.45, 7) is 12.4. The number of rotatable bonds is 6. The fourth-order valence-electron chi connectivity index (χ4n) is 4.59. The van der Waals surface area contributed by atoms with E-state index < -0.39 is 0 Å². The first-order chi connectivity index (χ1) is 21.8. The molecule has 0 saturated carbocycles. The van der Waals surface area contributed by atoms with E-state index in [0.717, 1.165) is 34.1 Å². The Morgan fingerprint density at radius 3 is 0.804 bits per heavy atom. The van der Waals surface area contributed by atoms with Crippen LogP contribution in [0.15, 0.2) is 125 Å². The standard InChI is InChI=1S/3C13H13N2.Y/c3*1-10-5-3-6-11(2)13(10)15-9-12-7-4-8-14-12;/h3*3-9H,1-2H3;/q3*-1;+3. The summed E-state index contributed by atoms with van der Waals surface area (Å²) in [5, 5.41) is 0. The van der Waals surface area contributed by atoms with Crippen molar-refractivity contribution >= 4 is 35.7 Å². The Hall–Kier alpha value is -4.39. The van der Waals surface area contributed by atoms with Gasteiger partial charge in [0, 0.05) is 18.6 Å². The number of aromatic nitrogens is 3. The first-order valence-corrected chi connectivity index (χ1v) is 14.9. The van der Waals surface area contributed by atoms with E-state index in [1.807, 2.05) is 54.6 Å². The Morgan fingerprint density at radius 1 is 0.370 bits per heavy atom. The summed E-state index contributed by atoms with van der Waals surface area (Å²) in [7, 11) is 0. The Kier molecular flexibility index (Phi) is 14.6. The molecule has 0 N–H and O–H groups in total. The molecule has 0 aliphatic carbocycles. The van der Waals surface area contributed by atoms with Gasteiger partial charge in [0.1, 0.15) is 0 Å². The maximum Gasteiger partial charge on any atom is 3.00 e. The molecule has 0 amide bonds. The summed E-state index contributed by atoms with van der Waals surface area (Å²) >= 11 is 0. The first-order valence-electron chi connectivity index (χ1n) is 14.9. The largest absolute Gasteiger partial charge is 3.00 e. The van der Waals surface area contributed by atoms with Crippen molar-refractivity contribution in [2.24, 2.45) is 15.0 Å². The van der Waals surface area contributed by atoms with Crippen LogP contribution < -0.4 is 15.0 Å². The van der Waals surface area contributed by atoms with Gasteiger partial charge in [-0.25, -0.2) is 0 Å². The quantitative estimate of drug-likeness (QED) is 0.165. The average Bonchev–Trinajstić information content (AvgIpc) is 3.82. The molecule has 0 spiro atoms. The molecule has 6 nitrogen and oxygen atoms in total.